The van der Waals surface area contributed by atoms with Gasteiger partial charge >= 0.3 is 5.97 Å². The average Bonchev–Trinajstić information content (AvgIpc) is 3.00. The lowest BCUT2D eigenvalue weighted by Crippen LogP contribution is -2.30. The third kappa shape index (κ3) is 4.59. The molecule has 2 rings (SSSR count). The predicted molar refractivity (Wildman–Crippen MR) is 81.9 cm³/mol. The molecule has 0 spiro atoms. The highest BCUT2D eigenvalue weighted by molar-refractivity contribution is 5.95. The van der Waals surface area contributed by atoms with E-state index in [9.17, 15) is 9.59 Å². The van der Waals surface area contributed by atoms with Gasteiger partial charge < -0.3 is 10.1 Å². The van der Waals surface area contributed by atoms with Crippen LogP contribution in [-0.4, -0.2) is 18.0 Å². The number of anilines is 1. The SMILES string of the molecule is C[C@@H](OC(=O)CC1CCCC1)C(=O)Nc1ccc(C#N)cc1. The van der Waals surface area contributed by atoms with E-state index < -0.39 is 6.10 Å². The second kappa shape index (κ2) is 7.60. The molecular weight excluding hydrogens is 280 g/mol. The molecule has 1 aliphatic rings. The number of carbonyl (C=O) groups excluding carboxylic acids is 2. The maximum atomic E-state index is 12.0. The normalized spacial score (nSPS) is 15.8. The molecule has 1 fully saturated rings. The van der Waals surface area contributed by atoms with E-state index in [0.29, 0.717) is 23.6 Å². The van der Waals surface area contributed by atoms with Crippen molar-refractivity contribution < 1.29 is 14.3 Å². The summed E-state index contributed by atoms with van der Waals surface area (Å²) >= 11 is 0. The monoisotopic (exact) mass is 300 g/mol. The number of nitrogens with one attached hydrogen (secondary N) is 1. The summed E-state index contributed by atoms with van der Waals surface area (Å²) in [5.41, 5.74) is 1.09. The molecule has 1 saturated carbocycles. The van der Waals surface area contributed by atoms with E-state index in [1.165, 1.54) is 12.8 Å². The number of nitriles is 1. The number of benzene rings is 1. The van der Waals surface area contributed by atoms with E-state index in [-0.39, 0.29) is 11.9 Å². The average molecular weight is 300 g/mol. The first-order chi connectivity index (χ1) is 10.6. The van der Waals surface area contributed by atoms with Crippen molar-refractivity contribution in [3.05, 3.63) is 29.8 Å². The minimum Gasteiger partial charge on any atom is -0.453 e. The second-order valence-corrected chi connectivity index (χ2v) is 5.67. The molecule has 0 aromatic heterocycles. The van der Waals surface area contributed by atoms with Gasteiger partial charge in [0, 0.05) is 12.1 Å². The van der Waals surface area contributed by atoms with E-state index in [4.69, 9.17) is 10.00 Å². The molecular formula is C17H20N2O3. The van der Waals surface area contributed by atoms with Crippen molar-refractivity contribution in [1.29, 1.82) is 5.26 Å². The molecule has 0 unspecified atom stereocenters. The quantitative estimate of drug-likeness (QED) is 0.848. The minimum absolute atomic E-state index is 0.311. The smallest absolute Gasteiger partial charge is 0.306 e. The molecule has 116 valence electrons. The summed E-state index contributed by atoms with van der Waals surface area (Å²) in [7, 11) is 0. The zero-order valence-corrected chi connectivity index (χ0v) is 12.7. The molecule has 5 heteroatoms. The van der Waals surface area contributed by atoms with Crippen LogP contribution < -0.4 is 5.32 Å². The number of hydrogen-bond donors (Lipinski definition) is 1. The molecule has 5 nitrogen and oxygen atoms in total. The van der Waals surface area contributed by atoms with Gasteiger partial charge in [-0.15, -0.1) is 0 Å². The molecule has 1 aliphatic carbocycles. The largest absolute Gasteiger partial charge is 0.453 e. The molecule has 1 amide bonds. The number of hydrogen-bond acceptors (Lipinski definition) is 4. The van der Waals surface area contributed by atoms with Crippen LogP contribution in [0.5, 0.6) is 0 Å². The van der Waals surface area contributed by atoms with Gasteiger partial charge in [-0.25, -0.2) is 0 Å². The van der Waals surface area contributed by atoms with Gasteiger partial charge in [0.15, 0.2) is 6.10 Å². The Bertz CT molecular complexity index is 569. The summed E-state index contributed by atoms with van der Waals surface area (Å²) in [6.07, 6.45) is 4.06. The van der Waals surface area contributed by atoms with Gasteiger partial charge in [-0.05, 0) is 49.9 Å². The molecule has 0 heterocycles. The van der Waals surface area contributed by atoms with Gasteiger partial charge in [0.2, 0.25) is 0 Å². The van der Waals surface area contributed by atoms with E-state index in [0.717, 1.165) is 12.8 Å². The Morgan fingerprint density at radius 3 is 2.55 bits per heavy atom. The van der Waals surface area contributed by atoms with Crippen LogP contribution in [0.2, 0.25) is 0 Å². The van der Waals surface area contributed by atoms with Crippen molar-refractivity contribution in [2.24, 2.45) is 5.92 Å². The van der Waals surface area contributed by atoms with Crippen molar-refractivity contribution in [3.63, 3.8) is 0 Å². The Balaban J connectivity index is 1.80. The van der Waals surface area contributed by atoms with E-state index in [1.807, 2.05) is 6.07 Å². The molecule has 0 radical (unpaired) electrons. The van der Waals surface area contributed by atoms with Crippen LogP contribution in [0.1, 0.15) is 44.6 Å². The number of esters is 1. The first-order valence-corrected chi connectivity index (χ1v) is 7.59. The highest BCUT2D eigenvalue weighted by Crippen LogP contribution is 2.27. The van der Waals surface area contributed by atoms with Gasteiger partial charge in [0.05, 0.1) is 11.6 Å². The molecule has 1 atom stereocenters. The highest BCUT2D eigenvalue weighted by atomic mass is 16.5. The van der Waals surface area contributed by atoms with E-state index >= 15 is 0 Å². The second-order valence-electron chi connectivity index (χ2n) is 5.67. The lowest BCUT2D eigenvalue weighted by Gasteiger charge is -2.15. The molecule has 0 bridgehead atoms. The molecule has 1 N–H and O–H groups in total. The third-order valence-electron chi connectivity index (χ3n) is 3.89. The fraction of sp³-hybridized carbons (Fsp3) is 0.471. The molecule has 0 aliphatic heterocycles. The molecule has 22 heavy (non-hydrogen) atoms. The van der Waals surface area contributed by atoms with Crippen LogP contribution in [0.25, 0.3) is 0 Å². The first kappa shape index (κ1) is 16.0. The lowest BCUT2D eigenvalue weighted by atomic mass is 10.0. The number of rotatable bonds is 5. The zero-order chi connectivity index (χ0) is 15.9. The Morgan fingerprint density at radius 2 is 1.95 bits per heavy atom. The van der Waals surface area contributed by atoms with Crippen LogP contribution in [0.3, 0.4) is 0 Å². The fourth-order valence-electron chi connectivity index (χ4n) is 2.62. The topological polar surface area (TPSA) is 79.2 Å². The van der Waals surface area contributed by atoms with Crippen molar-refractivity contribution in [3.8, 4) is 6.07 Å². The summed E-state index contributed by atoms with van der Waals surface area (Å²) in [5.74, 6) is -0.278. The van der Waals surface area contributed by atoms with Crippen molar-refractivity contribution >= 4 is 17.6 Å². The summed E-state index contributed by atoms with van der Waals surface area (Å²) in [5, 5.41) is 11.4. The lowest BCUT2D eigenvalue weighted by molar-refractivity contribution is -0.154. The van der Waals surface area contributed by atoms with Crippen molar-refractivity contribution in [2.75, 3.05) is 5.32 Å². The molecule has 0 saturated heterocycles. The first-order valence-electron chi connectivity index (χ1n) is 7.59. The summed E-state index contributed by atoms with van der Waals surface area (Å²) in [6.45, 7) is 1.56. The van der Waals surface area contributed by atoms with Crippen molar-refractivity contribution in [1.82, 2.24) is 0 Å². The van der Waals surface area contributed by atoms with Crippen molar-refractivity contribution in [2.45, 2.75) is 45.1 Å². The van der Waals surface area contributed by atoms with Crippen LogP contribution in [0.15, 0.2) is 24.3 Å². The maximum absolute atomic E-state index is 12.0. The Morgan fingerprint density at radius 1 is 1.32 bits per heavy atom. The Labute approximate surface area is 130 Å². The summed E-state index contributed by atoms with van der Waals surface area (Å²) in [6, 6.07) is 8.53. The highest BCUT2D eigenvalue weighted by Gasteiger charge is 2.23. The van der Waals surface area contributed by atoms with Gasteiger partial charge in [0.25, 0.3) is 5.91 Å². The van der Waals surface area contributed by atoms with Gasteiger partial charge in [-0.3, -0.25) is 9.59 Å². The van der Waals surface area contributed by atoms with E-state index in [2.05, 4.69) is 5.32 Å². The number of carbonyl (C=O) groups is 2. The fourth-order valence-corrected chi connectivity index (χ4v) is 2.62. The Hall–Kier alpha value is -2.35. The number of ether oxygens (including phenoxy) is 1. The maximum Gasteiger partial charge on any atom is 0.306 e. The van der Waals surface area contributed by atoms with Gasteiger partial charge in [-0.2, -0.15) is 5.26 Å². The summed E-state index contributed by atoms with van der Waals surface area (Å²) in [4.78, 5) is 23.8. The van der Waals surface area contributed by atoms with Gasteiger partial charge in [0.1, 0.15) is 0 Å². The van der Waals surface area contributed by atoms with Crippen LogP contribution in [-0.2, 0) is 14.3 Å². The predicted octanol–water partition coefficient (Wildman–Crippen LogP) is 3.01. The van der Waals surface area contributed by atoms with Gasteiger partial charge in [-0.1, -0.05) is 12.8 Å². The standard InChI is InChI=1S/C17H20N2O3/c1-12(22-16(20)10-13-4-2-3-5-13)17(21)19-15-8-6-14(11-18)7-9-15/h6-9,12-13H,2-5,10H2,1H3,(H,19,21)/t12-/m1/s1. The zero-order valence-electron chi connectivity index (χ0n) is 12.7. The van der Waals surface area contributed by atoms with Crippen LogP contribution in [0.4, 0.5) is 5.69 Å². The third-order valence-corrected chi connectivity index (χ3v) is 3.89. The molecule has 1 aromatic carbocycles. The minimum atomic E-state index is -0.829. The van der Waals surface area contributed by atoms with Crippen LogP contribution in [0, 0.1) is 17.2 Å². The van der Waals surface area contributed by atoms with Crippen LogP contribution >= 0.6 is 0 Å². The van der Waals surface area contributed by atoms with E-state index in [1.54, 1.807) is 31.2 Å². The number of amides is 1. The Kier molecular flexibility index (Phi) is 5.54. The molecule has 1 aromatic rings. The number of nitrogens with zero attached hydrogens (tertiary/aromatic N) is 1. The summed E-state index contributed by atoms with van der Waals surface area (Å²) < 4.78 is 5.19.